The Balaban J connectivity index is 1.48. The molecule has 0 bridgehead atoms. The largest absolute Gasteiger partial charge is 0.359 e. The fourth-order valence-electron chi connectivity index (χ4n) is 4.29. The van der Waals surface area contributed by atoms with Gasteiger partial charge >= 0.3 is 0 Å². The number of rotatable bonds is 5. The lowest BCUT2D eigenvalue weighted by atomic mass is 9.92. The van der Waals surface area contributed by atoms with Crippen LogP contribution >= 0.6 is 0 Å². The Morgan fingerprint density at radius 2 is 1.86 bits per heavy atom. The van der Waals surface area contributed by atoms with Crippen LogP contribution in [-0.2, 0) is 11.2 Å². The third-order valence-electron chi connectivity index (χ3n) is 5.49. The van der Waals surface area contributed by atoms with Crippen molar-refractivity contribution in [3.63, 3.8) is 0 Å². The van der Waals surface area contributed by atoms with Gasteiger partial charge in [-0.15, -0.1) is 0 Å². The second-order valence-electron chi connectivity index (χ2n) is 7.96. The number of amides is 1. The molecule has 0 aliphatic carbocycles. The van der Waals surface area contributed by atoms with Crippen LogP contribution in [0.4, 0.5) is 11.4 Å². The van der Waals surface area contributed by atoms with Gasteiger partial charge in [0.15, 0.2) is 0 Å². The highest BCUT2D eigenvalue weighted by Gasteiger charge is 2.28. The second kappa shape index (κ2) is 8.08. The topological polar surface area (TPSA) is 26.8 Å². The third kappa shape index (κ3) is 3.90. The molecule has 2 aliphatic heterocycles. The third-order valence-corrected chi connectivity index (χ3v) is 5.49. The Hall–Kier alpha value is -2.77. The highest BCUT2D eigenvalue weighted by atomic mass is 16.2. The molecule has 0 N–H and O–H groups in total. The summed E-state index contributed by atoms with van der Waals surface area (Å²) in [7, 11) is 4.20. The number of fused-ring (bicyclic) bond motifs is 2. The molecule has 0 aromatic heterocycles. The Labute approximate surface area is 167 Å². The van der Waals surface area contributed by atoms with Gasteiger partial charge < -0.3 is 14.7 Å². The fourth-order valence-corrected chi connectivity index (χ4v) is 4.29. The molecule has 2 aliphatic rings. The molecule has 2 heterocycles. The van der Waals surface area contributed by atoms with E-state index in [0.29, 0.717) is 25.4 Å². The molecule has 1 unspecified atom stereocenters. The van der Waals surface area contributed by atoms with Gasteiger partial charge in [-0.2, -0.15) is 0 Å². The molecule has 2 aromatic carbocycles. The van der Waals surface area contributed by atoms with Crippen LogP contribution in [0.2, 0.25) is 0 Å². The van der Waals surface area contributed by atoms with Crippen LogP contribution in [-0.4, -0.2) is 51.1 Å². The molecule has 0 saturated heterocycles. The van der Waals surface area contributed by atoms with Crippen LogP contribution < -0.4 is 9.80 Å². The molecule has 0 saturated carbocycles. The minimum Gasteiger partial charge on any atom is -0.359 e. The first-order chi connectivity index (χ1) is 13.6. The number of anilines is 2. The Morgan fingerprint density at radius 3 is 2.68 bits per heavy atom. The summed E-state index contributed by atoms with van der Waals surface area (Å²) in [5.41, 5.74) is 4.55. The van der Waals surface area contributed by atoms with Crippen LogP contribution in [0.1, 0.15) is 17.5 Å². The molecule has 0 radical (unpaired) electrons. The van der Waals surface area contributed by atoms with Gasteiger partial charge in [0.1, 0.15) is 0 Å². The quantitative estimate of drug-likeness (QED) is 0.754. The van der Waals surface area contributed by atoms with Crippen molar-refractivity contribution in [3.8, 4) is 11.8 Å². The smallest absolute Gasteiger partial charge is 0.228 e. The molecule has 0 fully saturated rings. The Morgan fingerprint density at radius 1 is 1.11 bits per heavy atom. The van der Waals surface area contributed by atoms with Crippen molar-refractivity contribution in [3.05, 3.63) is 59.7 Å². The minimum absolute atomic E-state index is 0.201. The highest BCUT2D eigenvalue weighted by Crippen LogP contribution is 2.30. The van der Waals surface area contributed by atoms with Gasteiger partial charge in [0.05, 0.1) is 12.2 Å². The van der Waals surface area contributed by atoms with E-state index in [2.05, 4.69) is 60.0 Å². The van der Waals surface area contributed by atoms with Crippen LogP contribution in [0.3, 0.4) is 0 Å². The van der Waals surface area contributed by atoms with Gasteiger partial charge in [-0.25, -0.2) is 0 Å². The first-order valence-electron chi connectivity index (χ1n) is 9.97. The van der Waals surface area contributed by atoms with Crippen molar-refractivity contribution < 1.29 is 4.79 Å². The van der Waals surface area contributed by atoms with Crippen LogP contribution in [0.25, 0.3) is 0 Å². The fraction of sp³-hybridized carbons (Fsp3) is 0.375. The first-order valence-corrected chi connectivity index (χ1v) is 9.97. The van der Waals surface area contributed by atoms with Crippen LogP contribution in [0.5, 0.6) is 0 Å². The zero-order valence-electron chi connectivity index (χ0n) is 16.7. The van der Waals surface area contributed by atoms with Crippen molar-refractivity contribution >= 4 is 17.3 Å². The number of para-hydroxylation sites is 2. The Kier molecular flexibility index (Phi) is 5.36. The maximum atomic E-state index is 13.2. The Bertz CT molecular complexity index is 925. The summed E-state index contributed by atoms with van der Waals surface area (Å²) in [5, 5.41) is 0. The molecule has 2 aromatic rings. The lowest BCUT2D eigenvalue weighted by Crippen LogP contribution is -2.44. The van der Waals surface area contributed by atoms with Crippen molar-refractivity contribution in [2.45, 2.75) is 12.8 Å². The maximum absolute atomic E-state index is 13.2. The molecule has 144 valence electrons. The number of hydrogen-bond donors (Lipinski definition) is 0. The van der Waals surface area contributed by atoms with Crippen LogP contribution in [0, 0.1) is 17.8 Å². The van der Waals surface area contributed by atoms with Crippen molar-refractivity contribution in [1.29, 1.82) is 0 Å². The van der Waals surface area contributed by atoms with E-state index in [-0.39, 0.29) is 5.91 Å². The molecule has 4 heteroatoms. The predicted octanol–water partition coefficient (Wildman–Crippen LogP) is 3.02. The minimum atomic E-state index is 0.201. The van der Waals surface area contributed by atoms with Crippen molar-refractivity contribution in [1.82, 2.24) is 4.90 Å². The molecule has 0 spiro atoms. The average molecular weight is 374 g/mol. The van der Waals surface area contributed by atoms with E-state index in [1.165, 1.54) is 5.56 Å². The predicted molar refractivity (Wildman–Crippen MR) is 115 cm³/mol. The molecule has 4 rings (SSSR count). The average Bonchev–Trinajstić information content (AvgIpc) is 2.71. The van der Waals surface area contributed by atoms with Gasteiger partial charge in [-0.05, 0) is 50.2 Å². The lowest BCUT2D eigenvalue weighted by Gasteiger charge is -2.36. The normalized spacial score (nSPS) is 17.6. The van der Waals surface area contributed by atoms with Crippen molar-refractivity contribution in [2.24, 2.45) is 5.92 Å². The monoisotopic (exact) mass is 373 g/mol. The summed E-state index contributed by atoms with van der Waals surface area (Å²) in [4.78, 5) is 19.6. The van der Waals surface area contributed by atoms with E-state index < -0.39 is 0 Å². The van der Waals surface area contributed by atoms with Crippen molar-refractivity contribution in [2.75, 3.05) is 50.1 Å². The summed E-state index contributed by atoms with van der Waals surface area (Å²) in [6.07, 6.45) is 1.53. The summed E-state index contributed by atoms with van der Waals surface area (Å²) in [6, 6.07) is 16.5. The van der Waals surface area contributed by atoms with E-state index >= 15 is 0 Å². The number of carbonyl (C=O) groups is 1. The summed E-state index contributed by atoms with van der Waals surface area (Å²) in [6.45, 7) is 3.17. The van der Waals surface area contributed by atoms with Gasteiger partial charge in [0, 0.05) is 37.3 Å². The van der Waals surface area contributed by atoms with E-state index in [0.717, 1.165) is 36.4 Å². The zero-order valence-corrected chi connectivity index (χ0v) is 16.7. The molecular weight excluding hydrogens is 346 g/mol. The van der Waals surface area contributed by atoms with Gasteiger partial charge in [0.2, 0.25) is 5.91 Å². The summed E-state index contributed by atoms with van der Waals surface area (Å²) < 4.78 is 0. The number of benzene rings is 2. The number of hydrogen-bond acceptors (Lipinski definition) is 3. The number of carbonyl (C=O) groups excluding carboxylic acids is 1. The first kappa shape index (κ1) is 18.6. The zero-order chi connectivity index (χ0) is 19.5. The van der Waals surface area contributed by atoms with E-state index in [1.54, 1.807) is 0 Å². The SMILES string of the molecule is CN(C)CC1Cc2ccccc2N(C(=O)CCN2CC#Cc3ccccc32)C1. The maximum Gasteiger partial charge on any atom is 0.228 e. The number of nitrogens with zero attached hydrogens (tertiary/aromatic N) is 3. The van der Waals surface area contributed by atoms with E-state index in [9.17, 15) is 4.79 Å². The molecule has 1 atom stereocenters. The molecule has 28 heavy (non-hydrogen) atoms. The lowest BCUT2D eigenvalue weighted by molar-refractivity contribution is -0.118. The second-order valence-corrected chi connectivity index (χ2v) is 7.96. The van der Waals surface area contributed by atoms with Gasteiger partial charge in [0.25, 0.3) is 0 Å². The standard InChI is InChI=1S/C24H27N3O/c1-25(2)17-19-16-21-9-4-6-12-23(21)27(18-19)24(28)13-15-26-14-7-10-20-8-3-5-11-22(20)26/h3-6,8-9,11-12,19H,13-18H2,1-2H3. The molecule has 4 nitrogen and oxygen atoms in total. The highest BCUT2D eigenvalue weighted by molar-refractivity contribution is 5.95. The van der Waals surface area contributed by atoms with E-state index in [4.69, 9.17) is 0 Å². The summed E-state index contributed by atoms with van der Waals surface area (Å²) in [5.74, 6) is 7.04. The van der Waals surface area contributed by atoms with E-state index in [1.807, 2.05) is 29.2 Å². The van der Waals surface area contributed by atoms with Gasteiger partial charge in [-0.3, -0.25) is 4.79 Å². The van der Waals surface area contributed by atoms with Crippen LogP contribution in [0.15, 0.2) is 48.5 Å². The summed E-state index contributed by atoms with van der Waals surface area (Å²) >= 11 is 0. The van der Waals surface area contributed by atoms with Gasteiger partial charge in [-0.1, -0.05) is 42.2 Å². The molecule has 1 amide bonds. The molecular formula is C24H27N3O.